The van der Waals surface area contributed by atoms with Crippen molar-refractivity contribution in [3.05, 3.63) is 52.4 Å². The maximum Gasteiger partial charge on any atom is 0.417 e. The Labute approximate surface area is 180 Å². The Morgan fingerprint density at radius 2 is 1.84 bits per heavy atom. The van der Waals surface area contributed by atoms with Crippen molar-refractivity contribution in [1.82, 2.24) is 14.9 Å². The minimum Gasteiger partial charge on any atom is -0.393 e. The highest BCUT2D eigenvalue weighted by Gasteiger charge is 2.40. The molecule has 0 aliphatic carbocycles. The maximum absolute atomic E-state index is 15.5. The quantitative estimate of drug-likeness (QED) is 0.385. The van der Waals surface area contributed by atoms with Crippen LogP contribution in [0, 0.1) is 0 Å². The minimum absolute atomic E-state index is 0.00885. The normalized spacial score (nSPS) is 19.1. The number of aliphatic hydroxyl groups excluding tert-OH is 3. The van der Waals surface area contributed by atoms with Crippen molar-refractivity contribution in [2.45, 2.75) is 37.1 Å². The van der Waals surface area contributed by atoms with E-state index >= 15 is 4.39 Å². The Kier molecular flexibility index (Phi) is 7.01. The summed E-state index contributed by atoms with van der Waals surface area (Å²) in [5.41, 5.74) is -2.49. The van der Waals surface area contributed by atoms with Crippen LogP contribution >= 0.6 is 11.6 Å². The fourth-order valence-electron chi connectivity index (χ4n) is 3.30. The average Bonchev–Trinajstić information content (AvgIpc) is 2.73. The Morgan fingerprint density at radius 1 is 1.16 bits per heavy atom. The smallest absolute Gasteiger partial charge is 0.393 e. The largest absolute Gasteiger partial charge is 0.417 e. The number of aromatic nitrogens is 2. The summed E-state index contributed by atoms with van der Waals surface area (Å²) in [6.45, 7) is -0.291. The number of nitrogens with one attached hydrogen (secondary N) is 1. The van der Waals surface area contributed by atoms with Crippen molar-refractivity contribution < 1.29 is 32.9 Å². The molecule has 0 saturated carbocycles. The van der Waals surface area contributed by atoms with E-state index in [4.69, 9.17) is 16.7 Å². The Morgan fingerprint density at radius 3 is 2.35 bits per heavy atom. The third-order valence-electron chi connectivity index (χ3n) is 5.15. The molecule has 1 saturated heterocycles. The average molecular weight is 465 g/mol. The van der Waals surface area contributed by atoms with E-state index in [0.717, 1.165) is 12.1 Å². The summed E-state index contributed by atoms with van der Waals surface area (Å²) >= 11 is 6.15. The fraction of sp³-hybridized carbons (Fsp3) is 0.474. The highest BCUT2D eigenvalue weighted by molar-refractivity contribution is 6.31. The predicted octanol–water partition coefficient (Wildman–Crippen LogP) is 2.82. The maximum atomic E-state index is 15.5. The molecule has 0 aromatic carbocycles. The molecule has 2 aromatic heterocycles. The van der Waals surface area contributed by atoms with Crippen LogP contribution in [0.1, 0.15) is 35.8 Å². The molecule has 1 fully saturated rings. The molecular formula is C19H21ClF4N4O3. The van der Waals surface area contributed by atoms with Crippen molar-refractivity contribution in [3.63, 3.8) is 0 Å². The summed E-state index contributed by atoms with van der Waals surface area (Å²) in [5.74, 6) is 0.0420. The number of piperidine rings is 1. The number of anilines is 1. The van der Waals surface area contributed by atoms with Crippen LogP contribution in [0.25, 0.3) is 0 Å². The second-order valence-electron chi connectivity index (χ2n) is 7.25. The van der Waals surface area contributed by atoms with Gasteiger partial charge in [0.25, 0.3) is 0 Å². The van der Waals surface area contributed by atoms with Gasteiger partial charge in [-0.05, 0) is 18.2 Å². The van der Waals surface area contributed by atoms with Gasteiger partial charge in [-0.15, -0.1) is 0 Å². The second-order valence-corrected chi connectivity index (χ2v) is 7.65. The molecule has 0 amide bonds. The Bertz CT molecular complexity index is 893. The molecule has 1 aliphatic heterocycles. The molecule has 3 rings (SSSR count). The number of hydrogen-bond donors (Lipinski definition) is 4. The van der Waals surface area contributed by atoms with Crippen LogP contribution in [-0.2, 0) is 11.8 Å². The number of likely N-dealkylation sites (tertiary alicyclic amines) is 1. The lowest BCUT2D eigenvalue weighted by Crippen LogP contribution is -2.48. The van der Waals surface area contributed by atoms with Gasteiger partial charge in [0.2, 0.25) is 0 Å². The van der Waals surface area contributed by atoms with Gasteiger partial charge in [0.05, 0.1) is 22.9 Å². The van der Waals surface area contributed by atoms with E-state index in [9.17, 15) is 23.4 Å². The van der Waals surface area contributed by atoms with Crippen LogP contribution in [0.2, 0.25) is 5.02 Å². The lowest BCUT2D eigenvalue weighted by Gasteiger charge is -2.38. The second kappa shape index (κ2) is 9.21. The van der Waals surface area contributed by atoms with Crippen molar-refractivity contribution in [1.29, 1.82) is 0 Å². The fourth-order valence-corrected chi connectivity index (χ4v) is 3.64. The van der Waals surface area contributed by atoms with Gasteiger partial charge >= 0.3 is 6.18 Å². The first-order valence-electron chi connectivity index (χ1n) is 9.39. The topological polar surface area (TPSA) is 102 Å². The van der Waals surface area contributed by atoms with Gasteiger partial charge < -0.3 is 20.6 Å². The van der Waals surface area contributed by atoms with Crippen LogP contribution < -0.4 is 5.32 Å². The van der Waals surface area contributed by atoms with Crippen molar-refractivity contribution >= 4 is 17.4 Å². The van der Waals surface area contributed by atoms with Crippen molar-refractivity contribution in [2.24, 2.45) is 0 Å². The number of pyridine rings is 2. The zero-order valence-corrected chi connectivity index (χ0v) is 16.9. The number of nitrogens with zero attached hydrogens (tertiary/aromatic N) is 3. The number of hydrogen-bond acceptors (Lipinski definition) is 7. The van der Waals surface area contributed by atoms with Crippen LogP contribution in [-0.4, -0.2) is 56.2 Å². The van der Waals surface area contributed by atoms with E-state index in [0.29, 0.717) is 6.20 Å². The van der Waals surface area contributed by atoms with Crippen LogP contribution in [0.5, 0.6) is 0 Å². The molecule has 3 heterocycles. The first-order chi connectivity index (χ1) is 14.5. The molecule has 4 N–H and O–H groups in total. The van der Waals surface area contributed by atoms with E-state index < -0.39 is 36.5 Å². The van der Waals surface area contributed by atoms with E-state index in [-0.39, 0.29) is 48.0 Å². The number of halogens is 5. The number of aliphatic hydroxyl groups is 3. The van der Waals surface area contributed by atoms with Gasteiger partial charge in [0.1, 0.15) is 11.9 Å². The van der Waals surface area contributed by atoms with Crippen molar-refractivity contribution in [2.75, 3.05) is 25.0 Å². The minimum atomic E-state index is -4.51. The third kappa shape index (κ3) is 5.42. The molecule has 12 heteroatoms. The molecule has 1 aliphatic rings. The van der Waals surface area contributed by atoms with Gasteiger partial charge in [-0.3, -0.25) is 9.88 Å². The standard InChI is InChI=1S/C19H21ClF4N4O3/c20-13-7-11(14(30)10-29)8-26-16(13)18(21)3-5-28(6-4-18)17(31)27-15-2-1-12(9-25-15)19(22,23)24/h1-2,7-9,14,17,29-31H,3-6,10H2,(H,25,27)/t14-,17?/m1/s1. The van der Waals surface area contributed by atoms with Crippen LogP contribution in [0.15, 0.2) is 30.6 Å². The lowest BCUT2D eigenvalue weighted by atomic mass is 9.89. The van der Waals surface area contributed by atoms with Gasteiger partial charge in [-0.25, -0.2) is 9.37 Å². The SMILES string of the molecule is OC[C@@H](O)c1cnc(C2(F)CCN(C(O)Nc3ccc(C(F)(F)F)cn3)CC2)c(Cl)c1. The first-order valence-corrected chi connectivity index (χ1v) is 9.77. The number of alkyl halides is 4. The summed E-state index contributed by atoms with van der Waals surface area (Å²) in [5, 5.41) is 31.6. The molecule has 2 atom stereocenters. The summed E-state index contributed by atoms with van der Waals surface area (Å²) in [6, 6.07) is 3.29. The van der Waals surface area contributed by atoms with Gasteiger partial charge in [0.15, 0.2) is 12.0 Å². The van der Waals surface area contributed by atoms with E-state index in [1.54, 1.807) is 0 Å². The molecule has 31 heavy (non-hydrogen) atoms. The van der Waals surface area contributed by atoms with Gasteiger partial charge in [-0.2, -0.15) is 13.2 Å². The first kappa shape index (κ1) is 23.6. The lowest BCUT2D eigenvalue weighted by molar-refractivity contribution is -0.137. The van der Waals surface area contributed by atoms with Crippen LogP contribution in [0.4, 0.5) is 23.4 Å². The Hall–Kier alpha value is -2.05. The van der Waals surface area contributed by atoms with E-state index in [1.807, 2.05) is 0 Å². The molecule has 7 nitrogen and oxygen atoms in total. The monoisotopic (exact) mass is 464 g/mol. The zero-order chi connectivity index (χ0) is 22.8. The zero-order valence-electron chi connectivity index (χ0n) is 16.2. The van der Waals surface area contributed by atoms with Crippen molar-refractivity contribution in [3.8, 4) is 0 Å². The molecule has 170 valence electrons. The molecule has 0 spiro atoms. The molecular weight excluding hydrogens is 444 g/mol. The third-order valence-corrected chi connectivity index (χ3v) is 5.44. The van der Waals surface area contributed by atoms with Crippen LogP contribution in [0.3, 0.4) is 0 Å². The molecule has 1 unspecified atom stereocenters. The highest BCUT2D eigenvalue weighted by Crippen LogP contribution is 2.40. The summed E-state index contributed by atoms with van der Waals surface area (Å²) in [7, 11) is 0. The number of rotatable bonds is 6. The van der Waals surface area contributed by atoms with Gasteiger partial charge in [-0.1, -0.05) is 11.6 Å². The van der Waals surface area contributed by atoms with E-state index in [2.05, 4.69) is 15.3 Å². The summed E-state index contributed by atoms with van der Waals surface area (Å²) < 4.78 is 53.3. The summed E-state index contributed by atoms with van der Waals surface area (Å²) in [4.78, 5) is 9.18. The highest BCUT2D eigenvalue weighted by atomic mass is 35.5. The van der Waals surface area contributed by atoms with E-state index in [1.165, 1.54) is 17.2 Å². The predicted molar refractivity (Wildman–Crippen MR) is 104 cm³/mol. The Balaban J connectivity index is 1.62. The summed E-state index contributed by atoms with van der Waals surface area (Å²) in [6.07, 6.45) is -5.13. The molecule has 0 bridgehead atoms. The molecule has 2 aromatic rings. The van der Waals surface area contributed by atoms with Gasteiger partial charge in [0, 0.05) is 43.9 Å². The molecule has 0 radical (unpaired) electrons.